The van der Waals surface area contributed by atoms with Crippen molar-refractivity contribution in [1.29, 1.82) is 0 Å². The van der Waals surface area contributed by atoms with Crippen LogP contribution in [0.5, 0.6) is 0 Å². The Morgan fingerprint density at radius 3 is 2.48 bits per heavy atom. The number of para-hydroxylation sites is 1. The van der Waals surface area contributed by atoms with Gasteiger partial charge in [0.15, 0.2) is 0 Å². The van der Waals surface area contributed by atoms with Crippen LogP contribution in [0.1, 0.15) is 42.7 Å². The zero-order chi connectivity index (χ0) is 17.1. The summed E-state index contributed by atoms with van der Waals surface area (Å²) >= 11 is 0. The van der Waals surface area contributed by atoms with E-state index in [1.807, 2.05) is 17.0 Å². The fourth-order valence-corrected chi connectivity index (χ4v) is 3.92. The number of piperidine rings is 1. The number of nitrogens with zero attached hydrogens (tertiary/aromatic N) is 1. The standard InChI is InChI=1S/C22H24N2O/c25-22(24-13-7-2-8-14-24)15-19(17-9-3-1-4-10-17)20-16-23-21-12-6-5-11-18(20)21/h1,3-6,9-12,16,19,23H,2,7-8,13-15H2. The normalized spacial score (nSPS) is 16.1. The van der Waals surface area contributed by atoms with E-state index in [9.17, 15) is 4.79 Å². The maximum atomic E-state index is 12.9. The monoisotopic (exact) mass is 332 g/mol. The number of aromatic amines is 1. The number of fused-ring (bicyclic) bond motifs is 1. The predicted molar refractivity (Wildman–Crippen MR) is 102 cm³/mol. The van der Waals surface area contributed by atoms with Crippen LogP contribution in [0, 0.1) is 0 Å². The van der Waals surface area contributed by atoms with Gasteiger partial charge in [0.05, 0.1) is 0 Å². The van der Waals surface area contributed by atoms with Crippen molar-refractivity contribution < 1.29 is 4.79 Å². The molecule has 3 nitrogen and oxygen atoms in total. The molecule has 0 bridgehead atoms. The first-order chi connectivity index (χ1) is 12.3. The van der Waals surface area contributed by atoms with Crippen LogP contribution in [0.4, 0.5) is 0 Å². The number of likely N-dealkylation sites (tertiary alicyclic amines) is 1. The molecule has 1 aliphatic heterocycles. The van der Waals surface area contributed by atoms with Crippen molar-refractivity contribution in [2.45, 2.75) is 31.6 Å². The summed E-state index contributed by atoms with van der Waals surface area (Å²) in [6.07, 6.45) is 6.12. The third kappa shape index (κ3) is 3.32. The summed E-state index contributed by atoms with van der Waals surface area (Å²) < 4.78 is 0. The van der Waals surface area contributed by atoms with E-state index in [-0.39, 0.29) is 11.8 Å². The molecule has 1 saturated heterocycles. The van der Waals surface area contributed by atoms with Crippen LogP contribution in [0.3, 0.4) is 0 Å². The van der Waals surface area contributed by atoms with Gasteiger partial charge in [-0.1, -0.05) is 48.5 Å². The second-order valence-corrected chi connectivity index (χ2v) is 6.90. The maximum Gasteiger partial charge on any atom is 0.223 e. The molecule has 1 unspecified atom stereocenters. The van der Waals surface area contributed by atoms with Gasteiger partial charge in [-0.2, -0.15) is 0 Å². The lowest BCUT2D eigenvalue weighted by Crippen LogP contribution is -2.36. The van der Waals surface area contributed by atoms with Crippen molar-refractivity contribution in [3.8, 4) is 0 Å². The average molecular weight is 332 g/mol. The third-order valence-corrected chi connectivity index (χ3v) is 5.29. The molecular formula is C22H24N2O. The number of hydrogen-bond acceptors (Lipinski definition) is 1. The molecule has 0 saturated carbocycles. The van der Waals surface area contributed by atoms with E-state index >= 15 is 0 Å². The summed E-state index contributed by atoms with van der Waals surface area (Å²) in [6, 6.07) is 18.8. The first-order valence-corrected chi connectivity index (χ1v) is 9.21. The molecule has 1 aliphatic rings. The Hall–Kier alpha value is -2.55. The van der Waals surface area contributed by atoms with Crippen molar-refractivity contribution in [2.24, 2.45) is 0 Å². The molecule has 1 atom stereocenters. The molecule has 1 aromatic heterocycles. The van der Waals surface area contributed by atoms with Crippen molar-refractivity contribution in [3.63, 3.8) is 0 Å². The number of carbonyl (C=O) groups excluding carboxylic acids is 1. The molecule has 25 heavy (non-hydrogen) atoms. The van der Waals surface area contributed by atoms with Crippen LogP contribution < -0.4 is 0 Å². The summed E-state index contributed by atoms with van der Waals surface area (Å²) in [4.78, 5) is 18.3. The first kappa shape index (κ1) is 15.9. The van der Waals surface area contributed by atoms with Crippen molar-refractivity contribution >= 4 is 16.8 Å². The number of benzene rings is 2. The highest BCUT2D eigenvalue weighted by Gasteiger charge is 2.24. The Labute approximate surface area is 148 Å². The second kappa shape index (κ2) is 7.14. The lowest BCUT2D eigenvalue weighted by atomic mass is 9.87. The van der Waals surface area contributed by atoms with Crippen LogP contribution >= 0.6 is 0 Å². The van der Waals surface area contributed by atoms with Gasteiger partial charge in [0, 0.05) is 42.5 Å². The fourth-order valence-electron chi connectivity index (χ4n) is 3.92. The molecule has 2 aromatic carbocycles. The van der Waals surface area contributed by atoms with E-state index in [0.29, 0.717) is 6.42 Å². The van der Waals surface area contributed by atoms with Gasteiger partial charge >= 0.3 is 0 Å². The molecule has 1 fully saturated rings. The Bertz CT molecular complexity index is 847. The van der Waals surface area contributed by atoms with Gasteiger partial charge in [0.1, 0.15) is 0 Å². The quantitative estimate of drug-likeness (QED) is 0.738. The van der Waals surface area contributed by atoms with E-state index in [4.69, 9.17) is 0 Å². The van der Waals surface area contributed by atoms with Gasteiger partial charge in [-0.05, 0) is 36.5 Å². The SMILES string of the molecule is O=C(CC(c1ccccc1)c1c[nH]c2ccccc12)N1CCCCC1. The van der Waals surface area contributed by atoms with E-state index in [1.54, 1.807) is 0 Å². The summed E-state index contributed by atoms with van der Waals surface area (Å²) in [6.45, 7) is 1.82. The van der Waals surface area contributed by atoms with E-state index in [1.165, 1.54) is 22.9 Å². The molecule has 0 radical (unpaired) electrons. The summed E-state index contributed by atoms with van der Waals surface area (Å²) in [5.41, 5.74) is 3.55. The highest BCUT2D eigenvalue weighted by Crippen LogP contribution is 2.34. The molecule has 3 heteroatoms. The smallest absolute Gasteiger partial charge is 0.223 e. The second-order valence-electron chi connectivity index (χ2n) is 6.90. The largest absolute Gasteiger partial charge is 0.361 e. The fraction of sp³-hybridized carbons (Fsp3) is 0.318. The van der Waals surface area contributed by atoms with Crippen molar-refractivity contribution in [1.82, 2.24) is 9.88 Å². The Balaban J connectivity index is 1.68. The van der Waals surface area contributed by atoms with Crippen LogP contribution in [-0.4, -0.2) is 28.9 Å². The van der Waals surface area contributed by atoms with Gasteiger partial charge < -0.3 is 9.88 Å². The number of nitrogens with one attached hydrogen (secondary N) is 1. The van der Waals surface area contributed by atoms with Crippen LogP contribution in [0.25, 0.3) is 10.9 Å². The molecule has 3 aromatic rings. The third-order valence-electron chi connectivity index (χ3n) is 5.29. The molecule has 1 amide bonds. The number of H-pyrrole nitrogens is 1. The summed E-state index contributed by atoms with van der Waals surface area (Å²) in [5, 5.41) is 1.21. The predicted octanol–water partition coefficient (Wildman–Crippen LogP) is 4.70. The maximum absolute atomic E-state index is 12.9. The summed E-state index contributed by atoms with van der Waals surface area (Å²) in [7, 11) is 0. The minimum atomic E-state index is 0.0896. The molecule has 0 spiro atoms. The minimum absolute atomic E-state index is 0.0896. The average Bonchev–Trinajstić information content (AvgIpc) is 3.11. The molecule has 1 N–H and O–H groups in total. The van der Waals surface area contributed by atoms with Crippen LogP contribution in [0.15, 0.2) is 60.8 Å². The molecule has 4 rings (SSSR count). The van der Waals surface area contributed by atoms with Gasteiger partial charge in [0.2, 0.25) is 5.91 Å². The van der Waals surface area contributed by atoms with Crippen LogP contribution in [-0.2, 0) is 4.79 Å². The minimum Gasteiger partial charge on any atom is -0.361 e. The zero-order valence-corrected chi connectivity index (χ0v) is 14.4. The van der Waals surface area contributed by atoms with Gasteiger partial charge in [-0.3, -0.25) is 4.79 Å². The lowest BCUT2D eigenvalue weighted by Gasteiger charge is -2.28. The highest BCUT2D eigenvalue weighted by molar-refractivity contribution is 5.86. The Morgan fingerprint density at radius 2 is 1.68 bits per heavy atom. The van der Waals surface area contributed by atoms with Crippen molar-refractivity contribution in [3.05, 3.63) is 71.9 Å². The van der Waals surface area contributed by atoms with Gasteiger partial charge in [0.25, 0.3) is 0 Å². The number of amides is 1. The summed E-state index contributed by atoms with van der Waals surface area (Å²) in [5.74, 6) is 0.366. The number of aromatic nitrogens is 1. The topological polar surface area (TPSA) is 36.1 Å². The number of carbonyl (C=O) groups is 1. The Kier molecular flexibility index (Phi) is 4.55. The molecule has 2 heterocycles. The molecule has 0 aliphatic carbocycles. The van der Waals surface area contributed by atoms with Crippen LogP contribution in [0.2, 0.25) is 0 Å². The molecular weight excluding hydrogens is 308 g/mol. The van der Waals surface area contributed by atoms with E-state index in [2.05, 4.69) is 53.6 Å². The van der Waals surface area contributed by atoms with E-state index in [0.717, 1.165) is 31.4 Å². The number of hydrogen-bond donors (Lipinski definition) is 1. The van der Waals surface area contributed by atoms with Crippen molar-refractivity contribution in [2.75, 3.05) is 13.1 Å². The van der Waals surface area contributed by atoms with Gasteiger partial charge in [-0.15, -0.1) is 0 Å². The number of rotatable bonds is 4. The molecule has 128 valence electrons. The Morgan fingerprint density at radius 1 is 0.960 bits per heavy atom. The lowest BCUT2D eigenvalue weighted by molar-refractivity contribution is -0.132. The zero-order valence-electron chi connectivity index (χ0n) is 14.4. The van der Waals surface area contributed by atoms with Gasteiger partial charge in [-0.25, -0.2) is 0 Å². The first-order valence-electron chi connectivity index (χ1n) is 9.21. The highest BCUT2D eigenvalue weighted by atomic mass is 16.2. The van der Waals surface area contributed by atoms with E-state index < -0.39 is 0 Å².